The highest BCUT2D eigenvalue weighted by molar-refractivity contribution is 7.21. The summed E-state index contributed by atoms with van der Waals surface area (Å²) in [6, 6.07) is 12.7. The van der Waals surface area contributed by atoms with Crippen molar-refractivity contribution in [2.24, 2.45) is 4.99 Å². The predicted molar refractivity (Wildman–Crippen MR) is 209 cm³/mol. The largest absolute Gasteiger partial charge is 0.493 e. The van der Waals surface area contributed by atoms with Crippen molar-refractivity contribution < 1.29 is 36.9 Å². The first-order valence-corrected chi connectivity index (χ1v) is 19.8. The minimum absolute atomic E-state index is 0.00468. The van der Waals surface area contributed by atoms with E-state index in [2.05, 4.69) is 21.7 Å². The Bertz CT molecular complexity index is 2010. The molecule has 4 heterocycles. The maximum atomic E-state index is 13.3. The first-order valence-electron chi connectivity index (χ1n) is 19.0. The van der Waals surface area contributed by atoms with E-state index in [1.54, 1.807) is 20.3 Å². The Morgan fingerprint density at radius 2 is 1.47 bits per heavy atom. The molecule has 2 saturated heterocycles. The van der Waals surface area contributed by atoms with E-state index in [1.807, 2.05) is 35.4 Å². The number of benzene rings is 3. The van der Waals surface area contributed by atoms with Crippen LogP contribution in [-0.4, -0.2) is 111 Å². The Labute approximate surface area is 323 Å². The molecule has 1 unspecified atom stereocenters. The van der Waals surface area contributed by atoms with Crippen molar-refractivity contribution in [3.8, 4) is 33.6 Å². The summed E-state index contributed by atoms with van der Waals surface area (Å²) >= 11 is 1.22. The van der Waals surface area contributed by atoms with Crippen molar-refractivity contribution in [3.05, 3.63) is 59.7 Å². The number of aromatic nitrogens is 1. The van der Waals surface area contributed by atoms with Crippen LogP contribution in [0.5, 0.6) is 23.0 Å². The molecule has 0 aliphatic carbocycles. The number of hydrogen-bond acceptors (Lipinski definition) is 10. The summed E-state index contributed by atoms with van der Waals surface area (Å²) in [7, 11) is 3.17. The third kappa shape index (κ3) is 8.86. The van der Waals surface area contributed by atoms with E-state index in [9.17, 15) is 18.0 Å². The van der Waals surface area contributed by atoms with Gasteiger partial charge in [-0.15, -0.1) is 11.3 Å². The van der Waals surface area contributed by atoms with Gasteiger partial charge in [0.15, 0.2) is 23.0 Å². The van der Waals surface area contributed by atoms with Crippen LogP contribution in [0.25, 0.3) is 20.8 Å². The van der Waals surface area contributed by atoms with Gasteiger partial charge in [0.05, 0.1) is 60.0 Å². The molecule has 0 spiro atoms. The van der Waals surface area contributed by atoms with E-state index < -0.39 is 11.7 Å². The molecule has 1 amide bonds. The third-order valence-electron chi connectivity index (χ3n) is 10.8. The molecule has 10 nitrogen and oxygen atoms in total. The number of carbonyl (C=O) groups excluding carboxylic acids is 1. The van der Waals surface area contributed by atoms with Gasteiger partial charge < -0.3 is 33.6 Å². The minimum Gasteiger partial charge on any atom is -0.493 e. The lowest BCUT2D eigenvalue weighted by Crippen LogP contribution is -2.46. The Kier molecular flexibility index (Phi) is 11.8. The topological polar surface area (TPSA) is 89.0 Å². The van der Waals surface area contributed by atoms with E-state index in [1.165, 1.54) is 17.4 Å². The molecule has 0 N–H and O–H groups in total. The quantitative estimate of drug-likeness (QED) is 0.111. The molecule has 7 rings (SSSR count). The van der Waals surface area contributed by atoms with Crippen LogP contribution in [-0.2, 0) is 6.18 Å². The molecule has 3 aliphatic rings. The Morgan fingerprint density at radius 1 is 0.800 bits per heavy atom. The average molecular weight is 780 g/mol. The lowest BCUT2D eigenvalue weighted by Gasteiger charge is -2.34. The number of carbonyl (C=O) groups is 1. The standard InChI is InChI=1S/C41H48F3N5O5S/c1-40-13-8-16-49(40)39(50)30-25-35(52-3)36(26-32(30)45-27-40)54-22-7-5-15-48-19-17-47(18-20-48)14-4-6-21-53-33-12-9-28(23-34(33)51-2)38-46-31-11-10-29(41(42,43)44)24-37(31)55-38/h9-12,23-27H,4-8,13-22H2,1-3H3. The summed E-state index contributed by atoms with van der Waals surface area (Å²) in [5.74, 6) is 2.36. The highest BCUT2D eigenvalue weighted by atomic mass is 32.1. The number of methoxy groups -OCH3 is 2. The Hall–Kier alpha value is -4.40. The lowest BCUT2D eigenvalue weighted by molar-refractivity contribution is -0.137. The highest BCUT2D eigenvalue weighted by Crippen LogP contribution is 2.41. The fourth-order valence-corrected chi connectivity index (χ4v) is 8.53. The Morgan fingerprint density at radius 3 is 2.15 bits per heavy atom. The van der Waals surface area contributed by atoms with Gasteiger partial charge in [0, 0.05) is 50.6 Å². The SMILES string of the molecule is COc1cc(-c2nc3ccc(C(F)(F)F)cc3s2)ccc1OCCCCN1CCN(CCCCOc2cc3c(cc2OC)C(=O)N2CCCC2(C)C=N3)CC1. The van der Waals surface area contributed by atoms with Gasteiger partial charge in [0.25, 0.3) is 5.91 Å². The van der Waals surface area contributed by atoms with Crippen LogP contribution in [0.2, 0.25) is 0 Å². The van der Waals surface area contributed by atoms with Crippen molar-refractivity contribution in [2.45, 2.75) is 57.2 Å². The second-order valence-electron chi connectivity index (χ2n) is 14.6. The van der Waals surface area contributed by atoms with Crippen LogP contribution < -0.4 is 18.9 Å². The van der Waals surface area contributed by atoms with Crippen molar-refractivity contribution in [3.63, 3.8) is 0 Å². The van der Waals surface area contributed by atoms with Gasteiger partial charge in [0.1, 0.15) is 5.01 Å². The number of rotatable bonds is 15. The summed E-state index contributed by atoms with van der Waals surface area (Å²) in [5.41, 5.74) is 1.46. The van der Waals surface area contributed by atoms with E-state index in [0.29, 0.717) is 62.7 Å². The molecule has 0 radical (unpaired) electrons. The van der Waals surface area contributed by atoms with Crippen LogP contribution >= 0.6 is 11.3 Å². The first-order chi connectivity index (χ1) is 26.5. The zero-order valence-corrected chi connectivity index (χ0v) is 32.4. The molecule has 1 aromatic heterocycles. The van der Waals surface area contributed by atoms with Gasteiger partial charge in [-0.3, -0.25) is 9.79 Å². The van der Waals surface area contributed by atoms with Gasteiger partial charge in [-0.25, -0.2) is 4.98 Å². The number of alkyl halides is 3. The lowest BCUT2D eigenvalue weighted by atomic mass is 10.0. The molecule has 294 valence electrons. The molecule has 4 aromatic rings. The fraction of sp³-hybridized carbons (Fsp3) is 0.488. The summed E-state index contributed by atoms with van der Waals surface area (Å²) in [6.07, 6.45) is 3.27. The van der Waals surface area contributed by atoms with Gasteiger partial charge >= 0.3 is 6.18 Å². The van der Waals surface area contributed by atoms with E-state index in [4.69, 9.17) is 23.9 Å². The van der Waals surface area contributed by atoms with Gasteiger partial charge in [0.2, 0.25) is 0 Å². The number of fused-ring (bicyclic) bond motifs is 3. The number of amides is 1. The van der Waals surface area contributed by atoms with Crippen LogP contribution in [0.4, 0.5) is 18.9 Å². The number of unbranched alkanes of at least 4 members (excludes halogenated alkanes) is 2. The number of halogens is 3. The van der Waals surface area contributed by atoms with Crippen LogP contribution in [0.3, 0.4) is 0 Å². The molecule has 2 fully saturated rings. The Balaban J connectivity index is 0.791. The van der Waals surface area contributed by atoms with Crippen molar-refractivity contribution in [2.75, 3.05) is 73.2 Å². The minimum atomic E-state index is -4.40. The molecular formula is C41H48F3N5O5S. The average Bonchev–Trinajstić information content (AvgIpc) is 3.78. The van der Waals surface area contributed by atoms with Crippen molar-refractivity contribution in [1.29, 1.82) is 0 Å². The predicted octanol–water partition coefficient (Wildman–Crippen LogP) is 8.35. The number of nitrogens with zero attached hydrogens (tertiary/aromatic N) is 5. The van der Waals surface area contributed by atoms with Crippen molar-refractivity contribution in [1.82, 2.24) is 19.7 Å². The first kappa shape index (κ1) is 38.9. The number of thiazole rings is 1. The van der Waals surface area contributed by atoms with Crippen LogP contribution in [0.15, 0.2) is 53.5 Å². The number of hydrogen-bond donors (Lipinski definition) is 0. The van der Waals surface area contributed by atoms with Gasteiger partial charge in [-0.2, -0.15) is 13.2 Å². The normalized spacial score (nSPS) is 19.0. The second-order valence-corrected chi connectivity index (χ2v) is 15.6. The molecule has 0 saturated carbocycles. The van der Waals surface area contributed by atoms with E-state index in [0.717, 1.165) is 102 Å². The summed E-state index contributed by atoms with van der Waals surface area (Å²) in [6.45, 7) is 10.1. The van der Waals surface area contributed by atoms with Crippen molar-refractivity contribution >= 4 is 39.4 Å². The second kappa shape index (κ2) is 16.8. The molecular weight excluding hydrogens is 732 g/mol. The fourth-order valence-electron chi connectivity index (χ4n) is 7.53. The summed E-state index contributed by atoms with van der Waals surface area (Å²) in [4.78, 5) is 29.5. The monoisotopic (exact) mass is 779 g/mol. The van der Waals surface area contributed by atoms with Gasteiger partial charge in [-0.05, 0) is 101 Å². The zero-order chi connectivity index (χ0) is 38.6. The highest BCUT2D eigenvalue weighted by Gasteiger charge is 2.41. The molecule has 3 aromatic carbocycles. The van der Waals surface area contributed by atoms with Gasteiger partial charge in [-0.1, -0.05) is 0 Å². The third-order valence-corrected chi connectivity index (χ3v) is 11.8. The van der Waals surface area contributed by atoms with Crippen LogP contribution in [0.1, 0.15) is 61.4 Å². The number of piperazine rings is 1. The maximum Gasteiger partial charge on any atom is 0.416 e. The molecule has 55 heavy (non-hydrogen) atoms. The summed E-state index contributed by atoms with van der Waals surface area (Å²) < 4.78 is 63.4. The molecule has 0 bridgehead atoms. The molecule has 3 aliphatic heterocycles. The smallest absolute Gasteiger partial charge is 0.416 e. The number of aliphatic imine (C=N–C) groups is 1. The molecule has 14 heteroatoms. The van der Waals surface area contributed by atoms with E-state index >= 15 is 0 Å². The summed E-state index contributed by atoms with van der Waals surface area (Å²) in [5, 5.41) is 0.622. The number of ether oxygens (including phenoxy) is 4. The molecule has 1 atom stereocenters. The zero-order valence-electron chi connectivity index (χ0n) is 31.6. The van der Waals surface area contributed by atoms with E-state index in [-0.39, 0.29) is 11.4 Å². The maximum absolute atomic E-state index is 13.3. The van der Waals surface area contributed by atoms with Crippen LogP contribution in [0, 0.1) is 0 Å².